The van der Waals surface area contributed by atoms with Crippen LogP contribution in [0.15, 0.2) is 28.5 Å². The van der Waals surface area contributed by atoms with Gasteiger partial charge in [0.2, 0.25) is 5.91 Å². The molecule has 0 bridgehead atoms. The van der Waals surface area contributed by atoms with Gasteiger partial charge in [0.1, 0.15) is 11.6 Å². The maximum Gasteiger partial charge on any atom is 0.287 e. The van der Waals surface area contributed by atoms with E-state index in [1.54, 1.807) is 15.9 Å². The topological polar surface area (TPSA) is 75.5 Å². The third-order valence-electron chi connectivity index (χ3n) is 3.88. The molecule has 0 saturated carbocycles. The van der Waals surface area contributed by atoms with E-state index in [0.717, 1.165) is 4.68 Å². The molecular weight excluding hydrogens is 387 g/mol. The lowest BCUT2D eigenvalue weighted by atomic mass is 10.3. The van der Waals surface area contributed by atoms with Crippen molar-refractivity contribution in [3.05, 3.63) is 49.0 Å². The van der Waals surface area contributed by atoms with Crippen molar-refractivity contribution in [3.8, 4) is 0 Å². The molecule has 2 aromatic heterocycles. The van der Waals surface area contributed by atoms with Gasteiger partial charge in [0.05, 0.1) is 16.1 Å². The Morgan fingerprint density at radius 2 is 1.84 bits per heavy atom. The van der Waals surface area contributed by atoms with E-state index in [2.05, 4.69) is 5.10 Å². The van der Waals surface area contributed by atoms with E-state index in [-0.39, 0.29) is 28.4 Å². The van der Waals surface area contributed by atoms with E-state index in [4.69, 9.17) is 23.2 Å². The Balaban J connectivity index is 1.60. The summed E-state index contributed by atoms with van der Waals surface area (Å²) >= 11 is 12.9. The molecule has 1 aliphatic rings. The number of carbonyl (C=O) groups is 2. The summed E-state index contributed by atoms with van der Waals surface area (Å²) in [7, 11) is 0. The average Bonchev–Trinajstić information content (AvgIpc) is 3.16. The van der Waals surface area contributed by atoms with Crippen molar-refractivity contribution in [1.29, 1.82) is 0 Å². The highest BCUT2D eigenvalue weighted by atomic mass is 35.5. The van der Waals surface area contributed by atoms with Gasteiger partial charge in [0.25, 0.3) is 11.5 Å². The number of halogens is 2. The van der Waals surface area contributed by atoms with Crippen LogP contribution in [0.3, 0.4) is 0 Å². The number of nitrogens with zero attached hydrogens (tertiary/aromatic N) is 4. The van der Waals surface area contributed by atoms with Crippen LogP contribution >= 0.6 is 34.5 Å². The molecule has 0 spiro atoms. The third-order valence-corrected chi connectivity index (χ3v) is 5.49. The van der Waals surface area contributed by atoms with Crippen LogP contribution in [-0.4, -0.2) is 57.6 Å². The summed E-state index contributed by atoms with van der Waals surface area (Å²) in [5.74, 6) is -0.277. The highest BCUT2D eigenvalue weighted by Crippen LogP contribution is 2.15. The summed E-state index contributed by atoms with van der Waals surface area (Å²) in [4.78, 5) is 40.6. The Morgan fingerprint density at radius 3 is 2.48 bits per heavy atom. The molecule has 25 heavy (non-hydrogen) atoms. The largest absolute Gasteiger partial charge is 0.338 e. The molecule has 1 fully saturated rings. The highest BCUT2D eigenvalue weighted by Gasteiger charge is 2.25. The van der Waals surface area contributed by atoms with Crippen molar-refractivity contribution < 1.29 is 9.59 Å². The normalized spacial score (nSPS) is 14.6. The van der Waals surface area contributed by atoms with Crippen molar-refractivity contribution in [2.45, 2.75) is 6.54 Å². The summed E-state index contributed by atoms with van der Waals surface area (Å²) < 4.78 is 0.986. The number of hydrogen-bond donors (Lipinski definition) is 0. The van der Waals surface area contributed by atoms with Crippen molar-refractivity contribution in [1.82, 2.24) is 19.6 Å². The molecule has 3 heterocycles. The molecular formula is C15H14Cl2N4O3S. The Bertz CT molecular complexity index is 845. The Hall–Kier alpha value is -1.90. The number of amides is 2. The van der Waals surface area contributed by atoms with Gasteiger partial charge in [-0.2, -0.15) is 5.10 Å². The van der Waals surface area contributed by atoms with Gasteiger partial charge in [-0.15, -0.1) is 11.3 Å². The molecule has 0 aliphatic carbocycles. The van der Waals surface area contributed by atoms with Gasteiger partial charge in [0.15, 0.2) is 0 Å². The lowest BCUT2D eigenvalue weighted by Gasteiger charge is -2.34. The number of rotatable bonds is 3. The average molecular weight is 401 g/mol. The van der Waals surface area contributed by atoms with Crippen LogP contribution < -0.4 is 5.56 Å². The van der Waals surface area contributed by atoms with Gasteiger partial charge in [-0.05, 0) is 11.4 Å². The number of thiophene rings is 1. The first-order valence-electron chi connectivity index (χ1n) is 7.49. The monoisotopic (exact) mass is 400 g/mol. The lowest BCUT2D eigenvalue weighted by Crippen LogP contribution is -2.51. The van der Waals surface area contributed by atoms with Crippen LogP contribution in [0.25, 0.3) is 0 Å². The standard InChI is InChI=1S/C15H14Cl2N4O3S/c16-10-8-18-21(15(24)13(10)17)9-12(22)19-3-5-20(6-4-19)14(23)11-2-1-7-25-11/h1-2,7-8H,3-6,9H2. The van der Waals surface area contributed by atoms with E-state index >= 15 is 0 Å². The van der Waals surface area contributed by atoms with E-state index in [9.17, 15) is 14.4 Å². The van der Waals surface area contributed by atoms with Gasteiger partial charge in [0, 0.05) is 26.2 Å². The fourth-order valence-electron chi connectivity index (χ4n) is 2.50. The first-order valence-corrected chi connectivity index (χ1v) is 9.12. The Morgan fingerprint density at radius 1 is 1.16 bits per heavy atom. The fourth-order valence-corrected chi connectivity index (χ4v) is 3.46. The minimum atomic E-state index is -0.603. The molecule has 0 unspecified atom stereocenters. The van der Waals surface area contributed by atoms with Crippen molar-refractivity contribution in [2.24, 2.45) is 0 Å². The second-order valence-corrected chi connectivity index (χ2v) is 7.15. The maximum atomic E-state index is 12.4. The van der Waals surface area contributed by atoms with Crippen LogP contribution in [0.1, 0.15) is 9.67 Å². The van der Waals surface area contributed by atoms with Crippen LogP contribution in [0.4, 0.5) is 0 Å². The first kappa shape index (κ1) is 17.9. The van der Waals surface area contributed by atoms with Crippen molar-refractivity contribution in [3.63, 3.8) is 0 Å². The SMILES string of the molecule is O=C(Cn1ncc(Cl)c(Cl)c1=O)N1CCN(C(=O)c2cccs2)CC1. The summed E-state index contributed by atoms with van der Waals surface area (Å²) in [5, 5.41) is 5.58. The van der Waals surface area contributed by atoms with Gasteiger partial charge in [-0.3, -0.25) is 14.4 Å². The Labute approximate surface area is 157 Å². The molecule has 1 saturated heterocycles. The van der Waals surface area contributed by atoms with E-state index < -0.39 is 5.56 Å². The molecule has 132 valence electrons. The lowest BCUT2D eigenvalue weighted by molar-refractivity contribution is -0.133. The summed E-state index contributed by atoms with van der Waals surface area (Å²) in [6, 6.07) is 3.62. The Kier molecular flexibility index (Phi) is 5.41. The van der Waals surface area contributed by atoms with E-state index in [1.807, 2.05) is 11.4 Å². The van der Waals surface area contributed by atoms with Gasteiger partial charge in [-0.25, -0.2) is 4.68 Å². The fraction of sp³-hybridized carbons (Fsp3) is 0.333. The molecule has 1 aliphatic heterocycles. The maximum absolute atomic E-state index is 12.4. The van der Waals surface area contributed by atoms with Gasteiger partial charge in [-0.1, -0.05) is 29.3 Å². The predicted octanol–water partition coefficient (Wildman–Crippen LogP) is 1.60. The molecule has 2 aromatic rings. The highest BCUT2D eigenvalue weighted by molar-refractivity contribution is 7.12. The van der Waals surface area contributed by atoms with Crippen LogP contribution in [0.5, 0.6) is 0 Å². The molecule has 0 atom stereocenters. The molecule has 0 aromatic carbocycles. The number of hydrogen-bond acceptors (Lipinski definition) is 5. The smallest absolute Gasteiger partial charge is 0.287 e. The van der Waals surface area contributed by atoms with Gasteiger partial charge < -0.3 is 9.80 Å². The zero-order valence-electron chi connectivity index (χ0n) is 13.0. The van der Waals surface area contributed by atoms with Crippen LogP contribution in [-0.2, 0) is 11.3 Å². The molecule has 0 radical (unpaired) electrons. The molecule has 7 nitrogen and oxygen atoms in total. The van der Waals surface area contributed by atoms with Crippen LogP contribution in [0.2, 0.25) is 10.0 Å². The minimum absolute atomic E-state index is 0.0236. The van der Waals surface area contributed by atoms with E-state index in [0.29, 0.717) is 31.1 Å². The third kappa shape index (κ3) is 3.86. The summed E-state index contributed by atoms with van der Waals surface area (Å²) in [6.45, 7) is 1.50. The number of carbonyl (C=O) groups excluding carboxylic acids is 2. The summed E-state index contributed by atoms with van der Waals surface area (Å²) in [6.07, 6.45) is 1.23. The summed E-state index contributed by atoms with van der Waals surface area (Å²) in [5.41, 5.74) is -0.603. The number of piperazine rings is 1. The second kappa shape index (κ2) is 7.55. The molecule has 10 heteroatoms. The zero-order valence-corrected chi connectivity index (χ0v) is 15.4. The zero-order chi connectivity index (χ0) is 18.0. The molecule has 2 amide bonds. The predicted molar refractivity (Wildman–Crippen MR) is 95.3 cm³/mol. The minimum Gasteiger partial charge on any atom is -0.338 e. The molecule has 3 rings (SSSR count). The molecule has 0 N–H and O–H groups in total. The van der Waals surface area contributed by atoms with Gasteiger partial charge >= 0.3 is 0 Å². The van der Waals surface area contributed by atoms with Crippen molar-refractivity contribution in [2.75, 3.05) is 26.2 Å². The van der Waals surface area contributed by atoms with E-state index in [1.165, 1.54) is 17.5 Å². The van der Waals surface area contributed by atoms with Crippen molar-refractivity contribution >= 4 is 46.4 Å². The second-order valence-electron chi connectivity index (χ2n) is 5.42. The number of aromatic nitrogens is 2. The van der Waals surface area contributed by atoms with Crippen LogP contribution in [0, 0.1) is 0 Å². The first-order chi connectivity index (χ1) is 12.0. The quantitative estimate of drug-likeness (QED) is 0.783.